The smallest absolute Gasteiger partial charge is 0.251 e. The Morgan fingerprint density at radius 3 is 2.42 bits per heavy atom. The molecular formula is C20H26N2O2. The molecule has 0 saturated heterocycles. The second-order valence-corrected chi connectivity index (χ2v) is 6.12. The Hall–Kier alpha value is -2.33. The third kappa shape index (κ3) is 5.10. The minimum absolute atomic E-state index is 0.0650. The Morgan fingerprint density at radius 2 is 1.79 bits per heavy atom. The highest BCUT2D eigenvalue weighted by molar-refractivity contribution is 5.93. The van der Waals surface area contributed by atoms with Gasteiger partial charge in [0.2, 0.25) is 0 Å². The lowest BCUT2D eigenvalue weighted by Crippen LogP contribution is -2.19. The third-order valence-electron chi connectivity index (χ3n) is 3.79. The molecule has 0 fully saturated rings. The highest BCUT2D eigenvalue weighted by Crippen LogP contribution is 2.20. The van der Waals surface area contributed by atoms with Gasteiger partial charge in [-0.15, -0.1) is 0 Å². The van der Waals surface area contributed by atoms with E-state index in [1.54, 1.807) is 7.05 Å². The average molecular weight is 326 g/mol. The first-order chi connectivity index (χ1) is 11.5. The molecule has 1 unspecified atom stereocenters. The maximum Gasteiger partial charge on any atom is 0.251 e. The van der Waals surface area contributed by atoms with Crippen LogP contribution in [-0.2, 0) is 6.54 Å². The molecule has 0 bridgehead atoms. The molecule has 0 aliphatic heterocycles. The van der Waals surface area contributed by atoms with E-state index in [0.717, 1.165) is 17.9 Å². The molecule has 0 radical (unpaired) electrons. The molecule has 1 amide bonds. The number of hydrogen-bond acceptors (Lipinski definition) is 3. The number of benzene rings is 2. The van der Waals surface area contributed by atoms with Gasteiger partial charge in [-0.05, 0) is 56.2 Å². The molecule has 2 N–H and O–H groups in total. The zero-order valence-electron chi connectivity index (χ0n) is 14.8. The topological polar surface area (TPSA) is 50.4 Å². The maximum atomic E-state index is 11.5. The fraction of sp³-hybridized carbons (Fsp3) is 0.350. The Balaban J connectivity index is 1.95. The lowest BCUT2D eigenvalue weighted by Gasteiger charge is -2.17. The van der Waals surface area contributed by atoms with Crippen molar-refractivity contribution in [3.63, 3.8) is 0 Å². The van der Waals surface area contributed by atoms with Gasteiger partial charge in [0.15, 0.2) is 0 Å². The van der Waals surface area contributed by atoms with E-state index in [1.807, 2.05) is 50.2 Å². The van der Waals surface area contributed by atoms with Crippen LogP contribution < -0.4 is 15.4 Å². The van der Waals surface area contributed by atoms with Gasteiger partial charge in [-0.3, -0.25) is 4.79 Å². The van der Waals surface area contributed by atoms with Crippen molar-refractivity contribution in [2.45, 2.75) is 39.5 Å². The molecule has 0 spiro atoms. The monoisotopic (exact) mass is 326 g/mol. The number of ether oxygens (including phenoxy) is 1. The summed E-state index contributed by atoms with van der Waals surface area (Å²) in [4.78, 5) is 11.5. The first-order valence-electron chi connectivity index (χ1n) is 8.30. The largest absolute Gasteiger partial charge is 0.491 e. The van der Waals surface area contributed by atoms with Gasteiger partial charge in [0.05, 0.1) is 6.10 Å². The van der Waals surface area contributed by atoms with Crippen molar-refractivity contribution in [2.24, 2.45) is 0 Å². The van der Waals surface area contributed by atoms with Crippen molar-refractivity contribution in [2.75, 3.05) is 7.05 Å². The Kier molecular flexibility index (Phi) is 6.38. The molecule has 0 heterocycles. The van der Waals surface area contributed by atoms with Crippen LogP contribution in [0.15, 0.2) is 48.5 Å². The van der Waals surface area contributed by atoms with Gasteiger partial charge in [-0.2, -0.15) is 0 Å². The van der Waals surface area contributed by atoms with Gasteiger partial charge >= 0.3 is 0 Å². The Morgan fingerprint density at radius 1 is 1.08 bits per heavy atom. The number of hydrogen-bond donors (Lipinski definition) is 2. The van der Waals surface area contributed by atoms with Gasteiger partial charge in [0.1, 0.15) is 5.75 Å². The molecule has 4 nitrogen and oxygen atoms in total. The van der Waals surface area contributed by atoms with Crippen LogP contribution in [0.2, 0.25) is 0 Å². The maximum absolute atomic E-state index is 11.5. The number of nitrogens with one attached hydrogen (secondary N) is 2. The standard InChI is InChI=1S/C20H26N2O2/c1-14(2)24-19-7-5-6-18(12-19)15(3)22-13-16-8-10-17(11-9-16)20(23)21-4/h5-12,14-15,22H,13H2,1-4H3,(H,21,23). The second kappa shape index (κ2) is 8.50. The molecule has 0 aromatic heterocycles. The first-order valence-corrected chi connectivity index (χ1v) is 8.30. The van der Waals surface area contributed by atoms with Crippen molar-refractivity contribution in [1.29, 1.82) is 0 Å². The van der Waals surface area contributed by atoms with Gasteiger partial charge in [-0.25, -0.2) is 0 Å². The Bertz CT molecular complexity index is 666. The summed E-state index contributed by atoms with van der Waals surface area (Å²) in [7, 11) is 1.64. The summed E-state index contributed by atoms with van der Waals surface area (Å²) in [5, 5.41) is 6.13. The van der Waals surface area contributed by atoms with E-state index in [1.165, 1.54) is 5.56 Å². The van der Waals surface area contributed by atoms with E-state index in [4.69, 9.17) is 4.74 Å². The van der Waals surface area contributed by atoms with Crippen molar-refractivity contribution in [3.05, 3.63) is 65.2 Å². The van der Waals surface area contributed by atoms with Crippen LogP contribution in [0.25, 0.3) is 0 Å². The summed E-state index contributed by atoms with van der Waals surface area (Å²) < 4.78 is 5.75. The summed E-state index contributed by atoms with van der Waals surface area (Å²) in [6, 6.07) is 16.0. The van der Waals surface area contributed by atoms with E-state index in [2.05, 4.69) is 29.7 Å². The normalized spacial score (nSPS) is 12.0. The SMILES string of the molecule is CNC(=O)c1ccc(CNC(C)c2cccc(OC(C)C)c2)cc1. The lowest BCUT2D eigenvalue weighted by atomic mass is 10.1. The van der Waals surface area contributed by atoms with E-state index in [-0.39, 0.29) is 18.1 Å². The summed E-state index contributed by atoms with van der Waals surface area (Å²) in [5.41, 5.74) is 3.01. The van der Waals surface area contributed by atoms with Crippen LogP contribution in [0.4, 0.5) is 0 Å². The van der Waals surface area contributed by atoms with Crippen molar-refractivity contribution in [3.8, 4) is 5.75 Å². The number of rotatable bonds is 7. The Labute approximate surface area is 144 Å². The van der Waals surface area contributed by atoms with Gasteiger partial charge in [0.25, 0.3) is 5.91 Å². The third-order valence-corrected chi connectivity index (χ3v) is 3.79. The molecule has 2 aromatic carbocycles. The molecule has 24 heavy (non-hydrogen) atoms. The average Bonchev–Trinajstić information content (AvgIpc) is 2.59. The van der Waals surface area contributed by atoms with E-state index in [9.17, 15) is 4.79 Å². The second-order valence-electron chi connectivity index (χ2n) is 6.12. The van der Waals surface area contributed by atoms with Crippen LogP contribution in [0.5, 0.6) is 5.75 Å². The zero-order chi connectivity index (χ0) is 17.5. The summed E-state index contributed by atoms with van der Waals surface area (Å²) in [6.07, 6.45) is 0.169. The number of carbonyl (C=O) groups excluding carboxylic acids is 1. The summed E-state index contributed by atoms with van der Waals surface area (Å²) in [6.45, 7) is 6.92. The minimum Gasteiger partial charge on any atom is -0.491 e. The van der Waals surface area contributed by atoms with E-state index in [0.29, 0.717) is 5.56 Å². The number of carbonyl (C=O) groups is 1. The molecule has 0 aliphatic rings. The van der Waals surface area contributed by atoms with Gasteiger partial charge in [-0.1, -0.05) is 24.3 Å². The molecular weight excluding hydrogens is 300 g/mol. The number of amides is 1. The quantitative estimate of drug-likeness (QED) is 0.816. The highest BCUT2D eigenvalue weighted by atomic mass is 16.5. The van der Waals surface area contributed by atoms with Crippen molar-refractivity contribution < 1.29 is 9.53 Å². The fourth-order valence-corrected chi connectivity index (χ4v) is 2.44. The van der Waals surface area contributed by atoms with Crippen LogP contribution in [0.3, 0.4) is 0 Å². The zero-order valence-corrected chi connectivity index (χ0v) is 14.8. The minimum atomic E-state index is -0.0650. The predicted molar refractivity (Wildman–Crippen MR) is 97.3 cm³/mol. The molecule has 4 heteroatoms. The van der Waals surface area contributed by atoms with Crippen LogP contribution in [0.1, 0.15) is 48.3 Å². The van der Waals surface area contributed by atoms with E-state index >= 15 is 0 Å². The molecule has 128 valence electrons. The first kappa shape index (κ1) is 18.0. The molecule has 1 atom stereocenters. The molecule has 0 aliphatic carbocycles. The lowest BCUT2D eigenvalue weighted by molar-refractivity contribution is 0.0963. The highest BCUT2D eigenvalue weighted by Gasteiger charge is 2.08. The predicted octanol–water partition coefficient (Wildman–Crippen LogP) is 3.68. The van der Waals surface area contributed by atoms with Crippen molar-refractivity contribution >= 4 is 5.91 Å². The van der Waals surface area contributed by atoms with Gasteiger partial charge < -0.3 is 15.4 Å². The van der Waals surface area contributed by atoms with Crippen LogP contribution in [-0.4, -0.2) is 19.1 Å². The van der Waals surface area contributed by atoms with Crippen molar-refractivity contribution in [1.82, 2.24) is 10.6 Å². The van der Waals surface area contributed by atoms with Crippen LogP contribution >= 0.6 is 0 Å². The van der Waals surface area contributed by atoms with E-state index < -0.39 is 0 Å². The van der Waals surface area contributed by atoms with Gasteiger partial charge in [0, 0.05) is 25.2 Å². The van der Waals surface area contributed by atoms with Crippen LogP contribution in [0, 0.1) is 0 Å². The molecule has 2 aromatic rings. The molecule has 0 saturated carbocycles. The summed E-state index contributed by atoms with van der Waals surface area (Å²) >= 11 is 0. The molecule has 2 rings (SSSR count). The fourth-order valence-electron chi connectivity index (χ4n) is 2.44. The summed E-state index contributed by atoms with van der Waals surface area (Å²) in [5.74, 6) is 0.830.